The summed E-state index contributed by atoms with van der Waals surface area (Å²) in [6.45, 7) is 1.14. The summed E-state index contributed by atoms with van der Waals surface area (Å²) >= 11 is 0. The van der Waals surface area contributed by atoms with Crippen molar-refractivity contribution in [3.05, 3.63) is 0 Å². The minimum Gasteiger partial charge on any atom is -0.394 e. The average Bonchev–Trinajstić information content (AvgIpc) is 2.79. The summed E-state index contributed by atoms with van der Waals surface area (Å²) in [7, 11) is 0. The number of hydrogen-bond acceptors (Lipinski definition) is 14. The highest BCUT2D eigenvalue weighted by molar-refractivity contribution is 5.01. The van der Waals surface area contributed by atoms with Crippen molar-refractivity contribution in [2.75, 3.05) is 6.61 Å². The molecule has 0 bridgehead atoms. The lowest BCUT2D eigenvalue weighted by Crippen LogP contribution is -2.68. The summed E-state index contributed by atoms with van der Waals surface area (Å²) in [4.78, 5) is 0. The Bertz CT molecular complexity index is 582. The molecule has 0 aromatic rings. The van der Waals surface area contributed by atoms with Gasteiger partial charge in [-0.15, -0.1) is 0 Å². The van der Waals surface area contributed by atoms with E-state index in [2.05, 4.69) is 0 Å². The highest BCUT2D eigenvalue weighted by Gasteiger charge is 2.51. The van der Waals surface area contributed by atoms with Gasteiger partial charge in [-0.2, -0.15) is 0 Å². The molecule has 14 heteroatoms. The monoisotopic (exact) mass is 483 g/mol. The molecule has 2 aliphatic heterocycles. The number of aliphatic hydroxyl groups is 7. The Morgan fingerprint density at radius 3 is 1.73 bits per heavy atom. The lowest BCUT2D eigenvalue weighted by Gasteiger charge is -2.48. The highest BCUT2D eigenvalue weighted by atomic mass is 16.7. The first kappa shape index (κ1) is 27.0. The first-order valence-electron chi connectivity index (χ1n) is 11.1. The Labute approximate surface area is 190 Å². The van der Waals surface area contributed by atoms with Crippen molar-refractivity contribution < 1.29 is 54.7 Å². The molecule has 0 amide bonds. The van der Waals surface area contributed by atoms with Crippen LogP contribution in [0.2, 0.25) is 0 Å². The standard InChI is InChI=1S/C19H37N3O11/c1-2-7-11(25)13(27)14(28)19(30-7)33-17-6(21)3-5(20)16(15(17)29)32-18-12(26)9(22)10(24)8(4-23)31-18/h5-19,23-29H,2-4,20-22H2,1H3. The molecule has 13 N–H and O–H groups in total. The molecular formula is C19H37N3O11. The lowest BCUT2D eigenvalue weighted by atomic mass is 9.84. The van der Waals surface area contributed by atoms with Crippen LogP contribution in [0.25, 0.3) is 0 Å². The number of aliphatic hydroxyl groups excluding tert-OH is 7. The van der Waals surface area contributed by atoms with Crippen LogP contribution in [0.15, 0.2) is 0 Å². The van der Waals surface area contributed by atoms with Gasteiger partial charge in [-0.05, 0) is 12.8 Å². The Kier molecular flexibility index (Phi) is 9.02. The molecule has 3 rings (SSSR count). The van der Waals surface area contributed by atoms with E-state index in [-0.39, 0.29) is 6.42 Å². The summed E-state index contributed by atoms with van der Waals surface area (Å²) < 4.78 is 22.4. The molecule has 3 fully saturated rings. The Morgan fingerprint density at radius 1 is 0.697 bits per heavy atom. The predicted octanol–water partition coefficient (Wildman–Crippen LogP) is -5.84. The quantitative estimate of drug-likeness (QED) is 0.169. The van der Waals surface area contributed by atoms with Crippen LogP contribution in [-0.4, -0.2) is 134 Å². The van der Waals surface area contributed by atoms with Gasteiger partial charge in [0.25, 0.3) is 0 Å². The second-order valence-corrected chi connectivity index (χ2v) is 8.96. The van der Waals surface area contributed by atoms with Crippen molar-refractivity contribution >= 4 is 0 Å². The summed E-state index contributed by atoms with van der Waals surface area (Å²) in [5.74, 6) is 0. The molecule has 2 saturated heterocycles. The number of ether oxygens (including phenoxy) is 4. The van der Waals surface area contributed by atoms with E-state index in [9.17, 15) is 35.7 Å². The van der Waals surface area contributed by atoms with Crippen LogP contribution in [0.4, 0.5) is 0 Å². The Balaban J connectivity index is 1.72. The average molecular weight is 484 g/mol. The van der Waals surface area contributed by atoms with Crippen LogP contribution in [0, 0.1) is 0 Å². The van der Waals surface area contributed by atoms with Crippen LogP contribution in [-0.2, 0) is 18.9 Å². The zero-order chi connectivity index (χ0) is 24.6. The van der Waals surface area contributed by atoms with Crippen LogP contribution >= 0.6 is 0 Å². The van der Waals surface area contributed by atoms with Crippen molar-refractivity contribution in [3.8, 4) is 0 Å². The molecule has 194 valence electrons. The van der Waals surface area contributed by atoms with E-state index in [4.69, 9.17) is 36.1 Å². The van der Waals surface area contributed by atoms with Gasteiger partial charge in [0, 0.05) is 12.1 Å². The molecule has 2 heterocycles. The molecule has 15 atom stereocenters. The third kappa shape index (κ3) is 5.34. The maximum atomic E-state index is 11.0. The van der Waals surface area contributed by atoms with Crippen LogP contribution < -0.4 is 17.2 Å². The van der Waals surface area contributed by atoms with Gasteiger partial charge in [0.2, 0.25) is 0 Å². The second-order valence-electron chi connectivity index (χ2n) is 8.96. The third-order valence-electron chi connectivity index (χ3n) is 6.65. The summed E-state index contributed by atoms with van der Waals surface area (Å²) in [6, 6.07) is -2.80. The molecule has 0 radical (unpaired) electrons. The van der Waals surface area contributed by atoms with Crippen molar-refractivity contribution in [3.63, 3.8) is 0 Å². The fourth-order valence-corrected chi connectivity index (χ4v) is 4.54. The van der Waals surface area contributed by atoms with E-state index < -0.39 is 98.4 Å². The molecule has 3 aliphatic rings. The maximum absolute atomic E-state index is 11.0. The normalized spacial score (nSPS) is 53.7. The predicted molar refractivity (Wildman–Crippen MR) is 109 cm³/mol. The summed E-state index contributed by atoms with van der Waals surface area (Å²) in [5.41, 5.74) is 18.0. The van der Waals surface area contributed by atoms with E-state index >= 15 is 0 Å². The lowest BCUT2D eigenvalue weighted by molar-refractivity contribution is -0.333. The first-order chi connectivity index (χ1) is 15.5. The van der Waals surface area contributed by atoms with E-state index in [0.29, 0.717) is 6.42 Å². The molecule has 33 heavy (non-hydrogen) atoms. The van der Waals surface area contributed by atoms with Crippen molar-refractivity contribution in [1.82, 2.24) is 0 Å². The third-order valence-corrected chi connectivity index (χ3v) is 6.65. The minimum absolute atomic E-state index is 0.110. The van der Waals surface area contributed by atoms with Gasteiger partial charge in [-0.3, -0.25) is 0 Å². The molecule has 14 nitrogen and oxygen atoms in total. The fourth-order valence-electron chi connectivity index (χ4n) is 4.54. The van der Waals surface area contributed by atoms with Crippen molar-refractivity contribution in [2.24, 2.45) is 17.2 Å². The van der Waals surface area contributed by atoms with E-state index in [1.807, 2.05) is 0 Å². The van der Waals surface area contributed by atoms with E-state index in [1.54, 1.807) is 6.92 Å². The Hall–Kier alpha value is -0.560. The van der Waals surface area contributed by atoms with E-state index in [1.165, 1.54) is 0 Å². The SMILES string of the molecule is CCC1OC(OC2C(N)CC(N)C(OC3OC(CO)C(O)C(N)C3O)C2O)C(O)C(O)C1O. The maximum Gasteiger partial charge on any atom is 0.187 e. The summed E-state index contributed by atoms with van der Waals surface area (Å²) in [6.07, 6.45) is -15.4. The fraction of sp³-hybridized carbons (Fsp3) is 1.00. The van der Waals surface area contributed by atoms with Gasteiger partial charge < -0.3 is 71.9 Å². The Morgan fingerprint density at radius 2 is 1.21 bits per heavy atom. The van der Waals surface area contributed by atoms with Crippen LogP contribution in [0.1, 0.15) is 19.8 Å². The number of nitrogens with two attached hydrogens (primary N) is 3. The molecule has 15 unspecified atom stereocenters. The molecular weight excluding hydrogens is 446 g/mol. The van der Waals surface area contributed by atoms with Gasteiger partial charge in [0.05, 0.1) is 18.8 Å². The van der Waals surface area contributed by atoms with Gasteiger partial charge >= 0.3 is 0 Å². The molecule has 0 spiro atoms. The molecule has 0 aromatic carbocycles. The smallest absolute Gasteiger partial charge is 0.187 e. The van der Waals surface area contributed by atoms with Crippen molar-refractivity contribution in [1.29, 1.82) is 0 Å². The van der Waals surface area contributed by atoms with Gasteiger partial charge in [-0.25, -0.2) is 0 Å². The molecule has 1 saturated carbocycles. The number of rotatable bonds is 6. The molecule has 1 aliphatic carbocycles. The van der Waals surface area contributed by atoms with E-state index in [0.717, 1.165) is 0 Å². The molecule has 0 aromatic heterocycles. The topological polar surface area (TPSA) is 257 Å². The van der Waals surface area contributed by atoms with Crippen LogP contribution in [0.5, 0.6) is 0 Å². The summed E-state index contributed by atoms with van der Waals surface area (Å²) in [5, 5.41) is 71.1. The van der Waals surface area contributed by atoms with Gasteiger partial charge in [0.15, 0.2) is 12.6 Å². The van der Waals surface area contributed by atoms with Crippen molar-refractivity contribution in [2.45, 2.75) is 112 Å². The first-order valence-corrected chi connectivity index (χ1v) is 11.1. The minimum atomic E-state index is -1.61. The van der Waals surface area contributed by atoms with Gasteiger partial charge in [-0.1, -0.05) is 6.92 Å². The van der Waals surface area contributed by atoms with Gasteiger partial charge in [0.1, 0.15) is 54.9 Å². The van der Waals surface area contributed by atoms with Crippen LogP contribution in [0.3, 0.4) is 0 Å². The highest BCUT2D eigenvalue weighted by Crippen LogP contribution is 2.31. The largest absolute Gasteiger partial charge is 0.394 e. The zero-order valence-electron chi connectivity index (χ0n) is 18.3. The number of hydrogen-bond donors (Lipinski definition) is 10. The zero-order valence-corrected chi connectivity index (χ0v) is 18.3. The second kappa shape index (κ2) is 11.0.